The first-order valence-electron chi connectivity index (χ1n) is 13.3. The lowest BCUT2D eigenvalue weighted by atomic mass is 9.94. The van der Waals surface area contributed by atoms with Gasteiger partial charge >= 0.3 is 0 Å². The number of fused-ring (bicyclic) bond motifs is 1. The maximum absolute atomic E-state index is 13.8. The van der Waals surface area contributed by atoms with Gasteiger partial charge in [-0.05, 0) is 104 Å². The molecule has 0 unspecified atom stereocenters. The summed E-state index contributed by atoms with van der Waals surface area (Å²) in [6.07, 6.45) is 3.62. The van der Waals surface area contributed by atoms with Gasteiger partial charge in [0.1, 0.15) is 11.5 Å². The Morgan fingerprint density at radius 3 is 2.61 bits per heavy atom. The molecule has 0 saturated heterocycles. The second kappa shape index (κ2) is 12.1. The Hall–Kier alpha value is -3.84. The molecule has 3 aromatic carbocycles. The van der Waals surface area contributed by atoms with Crippen molar-refractivity contribution in [1.82, 2.24) is 20.0 Å². The number of benzene rings is 3. The van der Waals surface area contributed by atoms with E-state index in [-0.39, 0.29) is 11.7 Å². The average molecular weight is 515 g/mol. The van der Waals surface area contributed by atoms with Crippen LogP contribution in [0, 0.1) is 6.92 Å². The molecule has 4 aromatic rings. The molecule has 38 heavy (non-hydrogen) atoms. The minimum Gasteiger partial charge on any atom is -0.508 e. The quantitative estimate of drug-likeness (QED) is 0.256. The van der Waals surface area contributed by atoms with E-state index in [1.54, 1.807) is 17.0 Å². The second-order valence-corrected chi connectivity index (χ2v) is 9.64. The van der Waals surface area contributed by atoms with Crippen molar-refractivity contribution in [1.29, 1.82) is 0 Å². The summed E-state index contributed by atoms with van der Waals surface area (Å²) in [6.45, 7) is 9.01. The number of phenolic OH excluding ortho intramolecular Hbond substituents is 1. The molecular weight excluding hydrogens is 476 g/mol. The van der Waals surface area contributed by atoms with Crippen molar-refractivity contribution < 1.29 is 14.6 Å². The molecule has 200 valence electrons. The van der Waals surface area contributed by atoms with E-state index in [9.17, 15) is 9.90 Å². The monoisotopic (exact) mass is 514 g/mol. The van der Waals surface area contributed by atoms with Crippen LogP contribution in [0.4, 0.5) is 0 Å². The van der Waals surface area contributed by atoms with E-state index in [1.165, 1.54) is 0 Å². The Morgan fingerprint density at radius 1 is 1.08 bits per heavy atom. The predicted molar refractivity (Wildman–Crippen MR) is 153 cm³/mol. The minimum absolute atomic E-state index is 0.105. The summed E-state index contributed by atoms with van der Waals surface area (Å²) >= 11 is 0. The molecule has 1 aromatic heterocycles. The van der Waals surface area contributed by atoms with Gasteiger partial charge in [0.15, 0.2) is 0 Å². The Kier molecular flexibility index (Phi) is 8.69. The molecular formula is C31H38N4O3. The molecule has 0 aliphatic carbocycles. The highest BCUT2D eigenvalue weighted by Crippen LogP contribution is 2.33. The summed E-state index contributed by atoms with van der Waals surface area (Å²) < 4.78 is 7.97. The Labute approximate surface area is 225 Å². The number of aryl methyl sites for hydroxylation is 2. The van der Waals surface area contributed by atoms with Crippen LogP contribution in [0.5, 0.6) is 11.5 Å². The molecule has 7 nitrogen and oxygen atoms in total. The first-order valence-corrected chi connectivity index (χ1v) is 13.3. The first kappa shape index (κ1) is 27.2. The van der Waals surface area contributed by atoms with Gasteiger partial charge < -0.3 is 20.1 Å². The number of aromatic nitrogens is 2. The molecule has 0 spiro atoms. The third kappa shape index (κ3) is 5.83. The van der Waals surface area contributed by atoms with Crippen LogP contribution in [0.1, 0.15) is 47.4 Å². The van der Waals surface area contributed by atoms with E-state index in [0.29, 0.717) is 18.7 Å². The topological polar surface area (TPSA) is 79.6 Å². The molecule has 0 aliphatic heterocycles. The molecule has 0 fully saturated rings. The standard InChI is InChI=1S/C31H38N4O3/c1-6-22-15-23(10-12-30(22)38-14-8-13-32-4)25-16-24-9-11-27(36)18-28(24)29(17-25)31(37)34(5)20-26-19-33-35(7-2)21(26)3/h9-12,15-19,32,36H,6-8,13-14,20H2,1-5H3. The number of nitrogens with zero attached hydrogens (tertiary/aromatic N) is 3. The van der Waals surface area contributed by atoms with Gasteiger partial charge in [-0.3, -0.25) is 9.48 Å². The number of aromatic hydroxyl groups is 1. The van der Waals surface area contributed by atoms with Crippen LogP contribution in [-0.2, 0) is 19.5 Å². The average Bonchev–Trinajstić information content (AvgIpc) is 3.28. The second-order valence-electron chi connectivity index (χ2n) is 9.64. The number of amides is 1. The van der Waals surface area contributed by atoms with Crippen LogP contribution in [0.2, 0.25) is 0 Å². The number of hydrogen-bond donors (Lipinski definition) is 2. The molecule has 0 saturated carbocycles. The van der Waals surface area contributed by atoms with E-state index in [0.717, 1.165) is 70.4 Å². The van der Waals surface area contributed by atoms with Crippen LogP contribution in [-0.4, -0.2) is 52.9 Å². The van der Waals surface area contributed by atoms with Crippen molar-refractivity contribution in [3.8, 4) is 22.6 Å². The maximum atomic E-state index is 13.8. The summed E-state index contributed by atoms with van der Waals surface area (Å²) in [5.74, 6) is 0.929. The van der Waals surface area contributed by atoms with Crippen LogP contribution in [0.25, 0.3) is 21.9 Å². The lowest BCUT2D eigenvalue weighted by molar-refractivity contribution is 0.0787. The SMILES string of the molecule is CCc1cc(-c2cc(C(=O)N(C)Cc3cnn(CC)c3C)c3cc(O)ccc3c2)ccc1OCCCNC. The molecule has 2 N–H and O–H groups in total. The van der Waals surface area contributed by atoms with Gasteiger partial charge in [0.05, 0.1) is 12.8 Å². The van der Waals surface area contributed by atoms with E-state index in [4.69, 9.17) is 4.74 Å². The Bertz CT molecular complexity index is 1430. The summed E-state index contributed by atoms with van der Waals surface area (Å²) in [7, 11) is 3.75. The third-order valence-electron chi connectivity index (χ3n) is 7.03. The fourth-order valence-corrected chi connectivity index (χ4v) is 4.79. The zero-order valence-corrected chi connectivity index (χ0v) is 23.0. The minimum atomic E-state index is -0.105. The van der Waals surface area contributed by atoms with Crippen LogP contribution in [0.15, 0.2) is 54.7 Å². The fourth-order valence-electron chi connectivity index (χ4n) is 4.79. The molecule has 0 bridgehead atoms. The Morgan fingerprint density at radius 2 is 1.89 bits per heavy atom. The van der Waals surface area contributed by atoms with E-state index < -0.39 is 0 Å². The van der Waals surface area contributed by atoms with Crippen molar-refractivity contribution >= 4 is 16.7 Å². The van der Waals surface area contributed by atoms with Gasteiger partial charge in [0.25, 0.3) is 5.91 Å². The molecule has 0 aliphatic rings. The van der Waals surface area contributed by atoms with Crippen molar-refractivity contribution in [2.45, 2.75) is 46.7 Å². The number of ether oxygens (including phenoxy) is 1. The highest BCUT2D eigenvalue weighted by molar-refractivity contribution is 6.09. The van der Waals surface area contributed by atoms with E-state index >= 15 is 0 Å². The zero-order valence-electron chi connectivity index (χ0n) is 23.0. The molecule has 1 amide bonds. The summed E-state index contributed by atoms with van der Waals surface area (Å²) in [5.41, 5.74) is 5.74. The lowest BCUT2D eigenvalue weighted by Crippen LogP contribution is -2.26. The highest BCUT2D eigenvalue weighted by Gasteiger charge is 2.19. The molecule has 7 heteroatoms. The number of rotatable bonds is 11. The third-order valence-corrected chi connectivity index (χ3v) is 7.03. The Balaban J connectivity index is 1.70. The number of carbonyl (C=O) groups is 1. The van der Waals surface area contributed by atoms with Gasteiger partial charge in [-0.2, -0.15) is 5.10 Å². The summed E-state index contributed by atoms with van der Waals surface area (Å²) in [4.78, 5) is 15.5. The fraction of sp³-hybridized carbons (Fsp3) is 0.355. The summed E-state index contributed by atoms with van der Waals surface area (Å²) in [5, 5.41) is 19.4. The zero-order chi connectivity index (χ0) is 27.2. The smallest absolute Gasteiger partial charge is 0.254 e. The van der Waals surface area contributed by atoms with Crippen molar-refractivity contribution in [3.05, 3.63) is 77.1 Å². The number of nitrogens with one attached hydrogen (secondary N) is 1. The number of hydrogen-bond acceptors (Lipinski definition) is 5. The summed E-state index contributed by atoms with van der Waals surface area (Å²) in [6, 6.07) is 15.4. The van der Waals surface area contributed by atoms with Gasteiger partial charge in [-0.15, -0.1) is 0 Å². The van der Waals surface area contributed by atoms with Gasteiger partial charge in [0, 0.05) is 37.0 Å². The number of phenols is 1. The van der Waals surface area contributed by atoms with Gasteiger partial charge in [-0.1, -0.05) is 19.1 Å². The lowest BCUT2D eigenvalue weighted by Gasteiger charge is -2.20. The largest absolute Gasteiger partial charge is 0.508 e. The van der Waals surface area contributed by atoms with Crippen LogP contribution >= 0.6 is 0 Å². The van der Waals surface area contributed by atoms with Crippen molar-refractivity contribution in [2.24, 2.45) is 0 Å². The molecule has 0 radical (unpaired) electrons. The normalized spacial score (nSPS) is 11.2. The first-order chi connectivity index (χ1) is 18.4. The molecule has 4 rings (SSSR count). The van der Waals surface area contributed by atoms with Crippen molar-refractivity contribution in [2.75, 3.05) is 27.2 Å². The van der Waals surface area contributed by atoms with Crippen LogP contribution < -0.4 is 10.1 Å². The van der Waals surface area contributed by atoms with Crippen LogP contribution in [0.3, 0.4) is 0 Å². The molecule has 1 heterocycles. The highest BCUT2D eigenvalue weighted by atomic mass is 16.5. The predicted octanol–water partition coefficient (Wildman–Crippen LogP) is 5.56. The van der Waals surface area contributed by atoms with Gasteiger partial charge in [-0.25, -0.2) is 0 Å². The van der Waals surface area contributed by atoms with Gasteiger partial charge in [0.2, 0.25) is 0 Å². The number of carbonyl (C=O) groups excluding carboxylic acids is 1. The van der Waals surface area contributed by atoms with Crippen molar-refractivity contribution in [3.63, 3.8) is 0 Å². The van der Waals surface area contributed by atoms with E-state index in [1.807, 2.05) is 50.1 Å². The van der Waals surface area contributed by atoms with E-state index in [2.05, 4.69) is 42.5 Å². The maximum Gasteiger partial charge on any atom is 0.254 e. The molecule has 0 atom stereocenters.